The Morgan fingerprint density at radius 2 is 1.75 bits per heavy atom. The van der Waals surface area contributed by atoms with Gasteiger partial charge in [0, 0.05) is 13.6 Å². The van der Waals surface area contributed by atoms with E-state index in [0.29, 0.717) is 5.56 Å². The van der Waals surface area contributed by atoms with Gasteiger partial charge in [-0.25, -0.2) is 9.18 Å². The van der Waals surface area contributed by atoms with Gasteiger partial charge in [0.2, 0.25) is 0 Å². The van der Waals surface area contributed by atoms with Gasteiger partial charge in [-0.15, -0.1) is 0 Å². The van der Waals surface area contributed by atoms with Gasteiger partial charge >= 0.3 is 5.97 Å². The van der Waals surface area contributed by atoms with E-state index in [1.807, 2.05) is 6.07 Å². The molecule has 0 aliphatic carbocycles. The van der Waals surface area contributed by atoms with Crippen LogP contribution in [0.1, 0.15) is 21.5 Å². The third-order valence-corrected chi connectivity index (χ3v) is 3.34. The summed E-state index contributed by atoms with van der Waals surface area (Å²) in [6.45, 7) is -0.107. The maximum Gasteiger partial charge on any atom is 0.338 e. The summed E-state index contributed by atoms with van der Waals surface area (Å²) in [5.41, 5.74) is 1.47. The first kappa shape index (κ1) is 17.2. The highest BCUT2D eigenvalue weighted by molar-refractivity contribution is 5.91. The highest BCUT2D eigenvalue weighted by Crippen LogP contribution is 2.07. The second-order valence-corrected chi connectivity index (χ2v) is 5.14. The predicted octanol–water partition coefficient (Wildman–Crippen LogP) is 2.51. The lowest BCUT2D eigenvalue weighted by atomic mass is 10.1. The van der Waals surface area contributed by atoms with Crippen LogP contribution in [0.4, 0.5) is 4.39 Å². The summed E-state index contributed by atoms with van der Waals surface area (Å²) in [7, 11) is 1.57. The quantitative estimate of drug-likeness (QED) is 0.792. The van der Waals surface area contributed by atoms with Gasteiger partial charge in [-0.2, -0.15) is 5.26 Å². The second kappa shape index (κ2) is 7.88. The Balaban J connectivity index is 1.86. The molecule has 0 saturated carbocycles. The average molecular weight is 326 g/mol. The molecule has 0 spiro atoms. The van der Waals surface area contributed by atoms with Crippen LogP contribution in [0.25, 0.3) is 0 Å². The summed E-state index contributed by atoms with van der Waals surface area (Å²) in [5.74, 6) is -1.35. The molecule has 0 N–H and O–H groups in total. The Morgan fingerprint density at radius 1 is 1.12 bits per heavy atom. The fourth-order valence-electron chi connectivity index (χ4n) is 1.95. The van der Waals surface area contributed by atoms with Crippen LogP contribution in [0.2, 0.25) is 0 Å². The molecule has 0 aliphatic heterocycles. The van der Waals surface area contributed by atoms with E-state index >= 15 is 0 Å². The number of ether oxygens (including phenoxy) is 1. The first-order valence-corrected chi connectivity index (χ1v) is 7.15. The lowest BCUT2D eigenvalue weighted by molar-refractivity contribution is -0.133. The molecule has 122 valence electrons. The number of carbonyl (C=O) groups is 2. The van der Waals surface area contributed by atoms with Crippen molar-refractivity contribution >= 4 is 11.9 Å². The number of likely N-dealkylation sites (N-methyl/N-ethyl adjacent to an activating group) is 1. The molecule has 2 aromatic carbocycles. The Morgan fingerprint density at radius 3 is 2.33 bits per heavy atom. The molecule has 0 unspecified atom stereocenters. The molecule has 0 heterocycles. The van der Waals surface area contributed by atoms with E-state index in [4.69, 9.17) is 10.00 Å². The molecule has 1 amide bonds. The third kappa shape index (κ3) is 4.65. The van der Waals surface area contributed by atoms with Crippen LogP contribution in [0.3, 0.4) is 0 Å². The van der Waals surface area contributed by atoms with Crippen LogP contribution in [-0.2, 0) is 16.1 Å². The summed E-state index contributed by atoms with van der Waals surface area (Å²) < 4.78 is 17.8. The maximum atomic E-state index is 12.8. The van der Waals surface area contributed by atoms with E-state index in [0.717, 1.165) is 5.56 Å². The summed E-state index contributed by atoms with van der Waals surface area (Å²) in [4.78, 5) is 25.2. The van der Waals surface area contributed by atoms with Gasteiger partial charge in [0.25, 0.3) is 5.91 Å². The number of benzene rings is 2. The van der Waals surface area contributed by atoms with E-state index < -0.39 is 12.6 Å². The zero-order chi connectivity index (χ0) is 17.5. The molecule has 5 nitrogen and oxygen atoms in total. The van der Waals surface area contributed by atoms with E-state index in [-0.39, 0.29) is 23.8 Å². The summed E-state index contributed by atoms with van der Waals surface area (Å²) in [5, 5.41) is 8.70. The van der Waals surface area contributed by atoms with Crippen molar-refractivity contribution in [2.24, 2.45) is 0 Å². The van der Waals surface area contributed by atoms with Gasteiger partial charge in [-0.05, 0) is 42.0 Å². The summed E-state index contributed by atoms with van der Waals surface area (Å²) in [6.07, 6.45) is 0. The van der Waals surface area contributed by atoms with Gasteiger partial charge in [0.1, 0.15) is 5.82 Å². The van der Waals surface area contributed by atoms with E-state index in [2.05, 4.69) is 0 Å². The zero-order valence-electron chi connectivity index (χ0n) is 13.0. The number of amides is 1. The van der Waals surface area contributed by atoms with Crippen LogP contribution >= 0.6 is 0 Å². The van der Waals surface area contributed by atoms with Crippen LogP contribution in [-0.4, -0.2) is 30.4 Å². The fraction of sp³-hybridized carbons (Fsp3) is 0.167. The minimum absolute atomic E-state index is 0.267. The number of carbonyl (C=O) groups excluding carboxylic acids is 2. The summed E-state index contributed by atoms with van der Waals surface area (Å²) in [6, 6.07) is 13.7. The lowest BCUT2D eigenvalue weighted by Crippen LogP contribution is -2.30. The number of hydrogen-bond donors (Lipinski definition) is 0. The van der Waals surface area contributed by atoms with E-state index in [9.17, 15) is 14.0 Å². The van der Waals surface area contributed by atoms with Crippen LogP contribution in [0.5, 0.6) is 0 Å². The normalized spacial score (nSPS) is 9.88. The molecular formula is C18H15FN2O3. The molecule has 0 aliphatic rings. The molecule has 2 aromatic rings. The maximum absolute atomic E-state index is 12.8. The van der Waals surface area contributed by atoms with Gasteiger partial charge in [-0.3, -0.25) is 4.79 Å². The monoisotopic (exact) mass is 326 g/mol. The summed E-state index contributed by atoms with van der Waals surface area (Å²) >= 11 is 0. The molecule has 0 aromatic heterocycles. The lowest BCUT2D eigenvalue weighted by Gasteiger charge is -2.17. The van der Waals surface area contributed by atoms with Crippen molar-refractivity contribution in [3.05, 3.63) is 71.0 Å². The van der Waals surface area contributed by atoms with Crippen LogP contribution < -0.4 is 0 Å². The number of hydrogen-bond acceptors (Lipinski definition) is 4. The molecule has 0 bridgehead atoms. The predicted molar refractivity (Wildman–Crippen MR) is 84.3 cm³/mol. The van der Waals surface area contributed by atoms with E-state index in [1.54, 1.807) is 19.2 Å². The first-order chi connectivity index (χ1) is 11.5. The molecule has 0 atom stereocenters. The van der Waals surface area contributed by atoms with Crippen molar-refractivity contribution in [1.82, 2.24) is 4.90 Å². The molecule has 24 heavy (non-hydrogen) atoms. The fourth-order valence-corrected chi connectivity index (χ4v) is 1.95. The third-order valence-electron chi connectivity index (χ3n) is 3.34. The van der Waals surface area contributed by atoms with Gasteiger partial charge in [0.05, 0.1) is 17.2 Å². The Labute approximate surface area is 138 Å². The van der Waals surface area contributed by atoms with Crippen molar-refractivity contribution in [3.8, 4) is 6.07 Å². The SMILES string of the molecule is CN(Cc1ccc(F)cc1)C(=O)COC(=O)c1ccc(C#N)cc1. The number of esters is 1. The molecule has 2 rings (SSSR count). The van der Waals surface area contributed by atoms with Gasteiger partial charge in [-0.1, -0.05) is 12.1 Å². The largest absolute Gasteiger partial charge is 0.452 e. The molecular weight excluding hydrogens is 311 g/mol. The molecule has 0 saturated heterocycles. The van der Waals surface area contributed by atoms with E-state index in [1.165, 1.54) is 41.3 Å². The van der Waals surface area contributed by atoms with Crippen LogP contribution in [0.15, 0.2) is 48.5 Å². The number of nitrogens with zero attached hydrogens (tertiary/aromatic N) is 2. The molecule has 6 heteroatoms. The van der Waals surface area contributed by atoms with Crippen LogP contribution in [0, 0.1) is 17.1 Å². The first-order valence-electron chi connectivity index (χ1n) is 7.15. The smallest absolute Gasteiger partial charge is 0.338 e. The number of halogens is 1. The minimum Gasteiger partial charge on any atom is -0.452 e. The topological polar surface area (TPSA) is 70.4 Å². The highest BCUT2D eigenvalue weighted by atomic mass is 19.1. The average Bonchev–Trinajstić information content (AvgIpc) is 2.61. The van der Waals surface area contributed by atoms with Crippen molar-refractivity contribution < 1.29 is 18.7 Å². The van der Waals surface area contributed by atoms with Crippen molar-refractivity contribution in [3.63, 3.8) is 0 Å². The van der Waals surface area contributed by atoms with Crippen molar-refractivity contribution in [1.29, 1.82) is 5.26 Å². The number of nitriles is 1. The Kier molecular flexibility index (Phi) is 5.63. The minimum atomic E-state index is -0.636. The van der Waals surface area contributed by atoms with Crippen molar-refractivity contribution in [2.75, 3.05) is 13.7 Å². The van der Waals surface area contributed by atoms with Crippen molar-refractivity contribution in [2.45, 2.75) is 6.54 Å². The van der Waals surface area contributed by atoms with Gasteiger partial charge in [0.15, 0.2) is 6.61 Å². The molecule has 0 radical (unpaired) electrons. The standard InChI is InChI=1S/C18H15FN2O3/c1-21(11-14-4-8-16(19)9-5-14)17(22)12-24-18(23)15-6-2-13(10-20)3-7-15/h2-9H,11-12H2,1H3. The Hall–Kier alpha value is -3.20. The molecule has 0 fully saturated rings. The highest BCUT2D eigenvalue weighted by Gasteiger charge is 2.14. The Bertz CT molecular complexity index is 764. The second-order valence-electron chi connectivity index (χ2n) is 5.14. The number of rotatable bonds is 5. The van der Waals surface area contributed by atoms with Gasteiger partial charge < -0.3 is 9.64 Å². The zero-order valence-corrected chi connectivity index (χ0v) is 13.0.